The van der Waals surface area contributed by atoms with Crippen molar-refractivity contribution in [2.75, 3.05) is 0 Å². The van der Waals surface area contributed by atoms with Crippen LogP contribution in [0.2, 0.25) is 0 Å². The van der Waals surface area contributed by atoms with Crippen LogP contribution in [0.15, 0.2) is 59.2 Å². The highest BCUT2D eigenvalue weighted by atomic mass is 79.9. The summed E-state index contributed by atoms with van der Waals surface area (Å²) in [5.74, 6) is -0.969. The molecule has 0 bridgehead atoms. The first-order valence-corrected chi connectivity index (χ1v) is 7.44. The maximum atomic E-state index is 11.8. The van der Waals surface area contributed by atoms with E-state index in [1.807, 2.05) is 24.3 Å². The number of rotatable bonds is 4. The molecule has 1 atom stereocenters. The average molecular weight is 358 g/mol. The Labute approximate surface area is 135 Å². The molecule has 5 heteroatoms. The molecule has 0 fully saturated rings. The molecule has 1 heterocycles. The van der Waals surface area contributed by atoms with Crippen molar-refractivity contribution in [2.24, 2.45) is 0 Å². The van der Waals surface area contributed by atoms with E-state index in [4.69, 9.17) is 0 Å². The lowest BCUT2D eigenvalue weighted by atomic mass is 10.1. The summed E-state index contributed by atoms with van der Waals surface area (Å²) in [5.41, 5.74) is 1.84. The minimum atomic E-state index is -0.969. The highest BCUT2D eigenvalue weighted by molar-refractivity contribution is 9.10. The molecule has 0 aliphatic rings. The summed E-state index contributed by atoms with van der Waals surface area (Å²) in [7, 11) is 0. The van der Waals surface area contributed by atoms with Gasteiger partial charge in [0, 0.05) is 27.1 Å². The zero-order valence-electron chi connectivity index (χ0n) is 11.4. The fourth-order valence-electron chi connectivity index (χ4n) is 2.62. The predicted molar refractivity (Wildman–Crippen MR) is 87.2 cm³/mol. The molecule has 2 aromatic carbocycles. The van der Waals surface area contributed by atoms with Gasteiger partial charge in [0.05, 0.1) is 0 Å². The van der Waals surface area contributed by atoms with E-state index in [-0.39, 0.29) is 0 Å². The van der Waals surface area contributed by atoms with E-state index in [0.29, 0.717) is 16.6 Å². The van der Waals surface area contributed by atoms with Crippen LogP contribution in [-0.4, -0.2) is 21.9 Å². The summed E-state index contributed by atoms with van der Waals surface area (Å²) in [4.78, 5) is 23.1. The first-order chi connectivity index (χ1) is 10.6. The van der Waals surface area contributed by atoms with Crippen molar-refractivity contribution in [1.29, 1.82) is 0 Å². The molecule has 4 nitrogen and oxygen atoms in total. The Kier molecular flexibility index (Phi) is 3.81. The van der Waals surface area contributed by atoms with Gasteiger partial charge in [-0.05, 0) is 23.8 Å². The quantitative estimate of drug-likeness (QED) is 0.720. The molecule has 22 heavy (non-hydrogen) atoms. The molecule has 0 saturated carbocycles. The number of fused-ring (bicyclic) bond motifs is 1. The number of hydrogen-bond donors (Lipinski definition) is 1. The zero-order valence-corrected chi connectivity index (χ0v) is 13.0. The number of aromatic nitrogens is 1. The van der Waals surface area contributed by atoms with E-state index in [1.165, 1.54) is 0 Å². The van der Waals surface area contributed by atoms with Crippen molar-refractivity contribution in [3.63, 3.8) is 0 Å². The monoisotopic (exact) mass is 357 g/mol. The molecule has 3 aromatic rings. The van der Waals surface area contributed by atoms with Gasteiger partial charge in [0.15, 0.2) is 12.3 Å². The third-order valence-electron chi connectivity index (χ3n) is 3.58. The molecule has 3 rings (SSSR count). The number of aldehydes is 1. The van der Waals surface area contributed by atoms with Gasteiger partial charge in [-0.25, -0.2) is 4.79 Å². The Morgan fingerprint density at radius 2 is 1.91 bits per heavy atom. The lowest BCUT2D eigenvalue weighted by Gasteiger charge is -2.16. The molecule has 0 radical (unpaired) electrons. The largest absolute Gasteiger partial charge is 0.479 e. The fraction of sp³-hybridized carbons (Fsp3) is 0.0588. The number of benzene rings is 2. The molecular weight excluding hydrogens is 346 g/mol. The Bertz CT molecular complexity index is 855. The number of carbonyl (C=O) groups excluding carboxylic acids is 1. The third kappa shape index (κ3) is 2.44. The number of nitrogens with zero attached hydrogens (tertiary/aromatic N) is 1. The molecule has 1 aromatic heterocycles. The summed E-state index contributed by atoms with van der Waals surface area (Å²) in [6, 6.07) is 13.6. The Morgan fingerprint density at radius 1 is 1.18 bits per heavy atom. The van der Waals surface area contributed by atoms with E-state index in [0.717, 1.165) is 16.1 Å². The number of hydrogen-bond acceptors (Lipinski definition) is 2. The van der Waals surface area contributed by atoms with Crippen LogP contribution in [0.25, 0.3) is 10.9 Å². The van der Waals surface area contributed by atoms with Crippen LogP contribution in [0.4, 0.5) is 0 Å². The van der Waals surface area contributed by atoms with E-state index >= 15 is 0 Å². The third-order valence-corrected chi connectivity index (χ3v) is 4.07. The summed E-state index contributed by atoms with van der Waals surface area (Å²) < 4.78 is 2.47. The van der Waals surface area contributed by atoms with Gasteiger partial charge in [-0.2, -0.15) is 0 Å². The van der Waals surface area contributed by atoms with Crippen LogP contribution in [0.3, 0.4) is 0 Å². The van der Waals surface area contributed by atoms with Crippen LogP contribution < -0.4 is 0 Å². The van der Waals surface area contributed by atoms with Gasteiger partial charge in [-0.1, -0.05) is 46.3 Å². The van der Waals surface area contributed by atoms with Crippen molar-refractivity contribution < 1.29 is 14.7 Å². The Hall–Kier alpha value is -2.40. The minimum absolute atomic E-state index is 0.471. The normalized spacial score (nSPS) is 12.2. The van der Waals surface area contributed by atoms with Gasteiger partial charge in [0.1, 0.15) is 0 Å². The number of halogens is 1. The first-order valence-electron chi connectivity index (χ1n) is 6.65. The van der Waals surface area contributed by atoms with Gasteiger partial charge in [-0.15, -0.1) is 0 Å². The molecule has 0 amide bonds. The lowest BCUT2D eigenvalue weighted by molar-refractivity contribution is -0.139. The second-order valence-electron chi connectivity index (χ2n) is 4.92. The number of carbonyl (C=O) groups is 2. The summed E-state index contributed by atoms with van der Waals surface area (Å²) in [5, 5.41) is 10.4. The zero-order chi connectivity index (χ0) is 15.7. The molecular formula is C17H12BrNO3. The van der Waals surface area contributed by atoms with E-state index in [2.05, 4.69) is 15.9 Å². The molecule has 1 unspecified atom stereocenters. The van der Waals surface area contributed by atoms with Crippen LogP contribution >= 0.6 is 15.9 Å². The number of carboxylic acid groups (broad SMARTS) is 1. The van der Waals surface area contributed by atoms with Crippen LogP contribution in [0, 0.1) is 0 Å². The highest BCUT2D eigenvalue weighted by Gasteiger charge is 2.24. The predicted octanol–water partition coefficient (Wildman–Crippen LogP) is 3.89. The Morgan fingerprint density at radius 3 is 2.55 bits per heavy atom. The molecule has 0 spiro atoms. The summed E-state index contributed by atoms with van der Waals surface area (Å²) >= 11 is 3.37. The van der Waals surface area contributed by atoms with E-state index in [1.54, 1.807) is 35.0 Å². The Balaban J connectivity index is 2.27. The number of aliphatic carboxylic acids is 1. The second-order valence-corrected chi connectivity index (χ2v) is 5.84. The topological polar surface area (TPSA) is 59.3 Å². The van der Waals surface area contributed by atoms with E-state index < -0.39 is 12.0 Å². The minimum Gasteiger partial charge on any atom is -0.479 e. The molecule has 1 N–H and O–H groups in total. The van der Waals surface area contributed by atoms with Gasteiger partial charge in [0.25, 0.3) is 0 Å². The van der Waals surface area contributed by atoms with Crippen molar-refractivity contribution in [2.45, 2.75) is 6.04 Å². The van der Waals surface area contributed by atoms with Crippen LogP contribution in [0.1, 0.15) is 22.0 Å². The smallest absolute Gasteiger partial charge is 0.331 e. The standard InChI is InChI=1S/C17H12BrNO3/c18-13-6-7-15-14(8-13)12(10-20)9-19(15)16(17(21)22)11-4-2-1-3-5-11/h1-10,16H,(H,21,22). The van der Waals surface area contributed by atoms with Crippen LogP contribution in [0.5, 0.6) is 0 Å². The van der Waals surface area contributed by atoms with Crippen LogP contribution in [-0.2, 0) is 4.79 Å². The second kappa shape index (κ2) is 5.77. The molecule has 110 valence electrons. The molecule has 0 saturated heterocycles. The van der Waals surface area contributed by atoms with Crippen molar-refractivity contribution in [3.05, 3.63) is 70.3 Å². The van der Waals surface area contributed by atoms with E-state index in [9.17, 15) is 14.7 Å². The number of carboxylic acids is 1. The van der Waals surface area contributed by atoms with Crippen molar-refractivity contribution in [3.8, 4) is 0 Å². The fourth-order valence-corrected chi connectivity index (χ4v) is 2.98. The molecule has 0 aliphatic heterocycles. The van der Waals surface area contributed by atoms with Gasteiger partial charge in [0.2, 0.25) is 0 Å². The maximum Gasteiger partial charge on any atom is 0.331 e. The maximum absolute atomic E-state index is 11.8. The molecule has 0 aliphatic carbocycles. The van der Waals surface area contributed by atoms with Gasteiger partial charge >= 0.3 is 5.97 Å². The van der Waals surface area contributed by atoms with Gasteiger partial charge < -0.3 is 9.67 Å². The first kappa shape index (κ1) is 14.5. The van der Waals surface area contributed by atoms with Crippen molar-refractivity contribution >= 4 is 39.1 Å². The summed E-state index contributed by atoms with van der Waals surface area (Å²) in [6.45, 7) is 0. The summed E-state index contributed by atoms with van der Waals surface area (Å²) in [6.07, 6.45) is 2.34. The average Bonchev–Trinajstić information content (AvgIpc) is 2.86. The highest BCUT2D eigenvalue weighted by Crippen LogP contribution is 2.29. The van der Waals surface area contributed by atoms with Crippen molar-refractivity contribution in [1.82, 2.24) is 4.57 Å². The van der Waals surface area contributed by atoms with Gasteiger partial charge in [-0.3, -0.25) is 4.79 Å². The lowest BCUT2D eigenvalue weighted by Crippen LogP contribution is -2.19. The SMILES string of the molecule is O=Cc1cn(C(C(=O)O)c2ccccc2)c2ccc(Br)cc12.